The molecule has 2 amide bonds. The third kappa shape index (κ3) is 6.49. The Morgan fingerprint density at radius 3 is 2.52 bits per heavy atom. The number of amides is 2. The van der Waals surface area contributed by atoms with Gasteiger partial charge in [-0.3, -0.25) is 9.59 Å². The van der Waals surface area contributed by atoms with Gasteiger partial charge in [-0.1, -0.05) is 25.1 Å². The first-order valence-corrected chi connectivity index (χ1v) is 6.90. The standard InChI is InChI=1S/C15H23N3O2.ClH/c1-3-10-18(11-14(19)17-2)15(20)9-8-12-6-4-5-7-13(12)16;/h4-7H,3,8-11,16H2,1-2H3,(H,17,19);1H. The van der Waals surface area contributed by atoms with Crippen molar-refractivity contribution in [3.05, 3.63) is 29.8 Å². The Labute approximate surface area is 132 Å². The molecular weight excluding hydrogens is 290 g/mol. The number of nitrogens with two attached hydrogens (primary N) is 1. The van der Waals surface area contributed by atoms with E-state index >= 15 is 0 Å². The third-order valence-electron chi connectivity index (χ3n) is 3.12. The molecule has 118 valence electrons. The molecular formula is C15H24ClN3O2. The minimum absolute atomic E-state index is 0. The molecule has 0 heterocycles. The van der Waals surface area contributed by atoms with Crippen LogP contribution in [-0.4, -0.2) is 36.9 Å². The van der Waals surface area contributed by atoms with E-state index in [4.69, 9.17) is 5.73 Å². The van der Waals surface area contributed by atoms with Crippen LogP contribution in [0, 0.1) is 0 Å². The van der Waals surface area contributed by atoms with Crippen LogP contribution >= 0.6 is 12.4 Å². The number of carbonyl (C=O) groups is 2. The zero-order chi connectivity index (χ0) is 15.0. The zero-order valence-corrected chi connectivity index (χ0v) is 13.4. The third-order valence-corrected chi connectivity index (χ3v) is 3.12. The van der Waals surface area contributed by atoms with Crippen LogP contribution in [-0.2, 0) is 16.0 Å². The van der Waals surface area contributed by atoms with E-state index in [1.807, 2.05) is 31.2 Å². The molecule has 0 spiro atoms. The van der Waals surface area contributed by atoms with Crippen molar-refractivity contribution in [3.8, 4) is 0 Å². The summed E-state index contributed by atoms with van der Waals surface area (Å²) in [7, 11) is 1.57. The van der Waals surface area contributed by atoms with Crippen LogP contribution in [0.25, 0.3) is 0 Å². The Balaban J connectivity index is 0.00000400. The molecule has 1 rings (SSSR count). The lowest BCUT2D eigenvalue weighted by molar-refractivity contribution is -0.135. The molecule has 0 aliphatic carbocycles. The van der Waals surface area contributed by atoms with E-state index in [9.17, 15) is 9.59 Å². The highest BCUT2D eigenvalue weighted by molar-refractivity contribution is 5.85. The molecule has 0 aliphatic rings. The number of likely N-dealkylation sites (N-methyl/N-ethyl adjacent to an activating group) is 1. The maximum atomic E-state index is 12.2. The molecule has 0 saturated heterocycles. The van der Waals surface area contributed by atoms with E-state index in [1.165, 1.54) is 0 Å². The number of nitrogens with zero attached hydrogens (tertiary/aromatic N) is 1. The zero-order valence-electron chi connectivity index (χ0n) is 12.6. The van der Waals surface area contributed by atoms with Crippen molar-refractivity contribution in [2.24, 2.45) is 0 Å². The molecule has 1 aromatic carbocycles. The summed E-state index contributed by atoms with van der Waals surface area (Å²) in [6.45, 7) is 2.70. The van der Waals surface area contributed by atoms with Gasteiger partial charge >= 0.3 is 0 Å². The van der Waals surface area contributed by atoms with Gasteiger partial charge in [-0.2, -0.15) is 0 Å². The summed E-state index contributed by atoms with van der Waals surface area (Å²) >= 11 is 0. The molecule has 21 heavy (non-hydrogen) atoms. The fraction of sp³-hybridized carbons (Fsp3) is 0.467. The van der Waals surface area contributed by atoms with Crippen LogP contribution in [0.3, 0.4) is 0 Å². The number of benzene rings is 1. The van der Waals surface area contributed by atoms with Crippen LogP contribution in [0.2, 0.25) is 0 Å². The molecule has 0 aromatic heterocycles. The number of para-hydroxylation sites is 1. The number of hydrogen-bond acceptors (Lipinski definition) is 3. The molecule has 3 N–H and O–H groups in total. The summed E-state index contributed by atoms with van der Waals surface area (Å²) in [5.41, 5.74) is 7.53. The first-order chi connectivity index (χ1) is 9.58. The number of rotatable bonds is 7. The fourth-order valence-corrected chi connectivity index (χ4v) is 1.98. The van der Waals surface area contributed by atoms with Crippen molar-refractivity contribution in [2.45, 2.75) is 26.2 Å². The van der Waals surface area contributed by atoms with Gasteiger partial charge in [0.25, 0.3) is 0 Å². The number of nitrogens with one attached hydrogen (secondary N) is 1. The van der Waals surface area contributed by atoms with Crippen molar-refractivity contribution in [2.75, 3.05) is 25.9 Å². The van der Waals surface area contributed by atoms with E-state index in [0.29, 0.717) is 25.1 Å². The molecule has 5 nitrogen and oxygen atoms in total. The SMILES string of the molecule is CCCN(CC(=O)NC)C(=O)CCc1ccccc1N.Cl. The van der Waals surface area contributed by atoms with Gasteiger partial charge in [-0.25, -0.2) is 0 Å². The van der Waals surface area contributed by atoms with Crippen LogP contribution in [0.1, 0.15) is 25.3 Å². The molecule has 0 unspecified atom stereocenters. The second kappa shape index (κ2) is 10.0. The van der Waals surface area contributed by atoms with Crippen molar-refractivity contribution in [1.82, 2.24) is 10.2 Å². The van der Waals surface area contributed by atoms with Gasteiger partial charge in [0.2, 0.25) is 11.8 Å². The van der Waals surface area contributed by atoms with Gasteiger partial charge in [0.1, 0.15) is 0 Å². The molecule has 6 heteroatoms. The van der Waals surface area contributed by atoms with Crippen molar-refractivity contribution < 1.29 is 9.59 Å². The van der Waals surface area contributed by atoms with Gasteiger partial charge in [-0.05, 0) is 24.5 Å². The monoisotopic (exact) mass is 313 g/mol. The summed E-state index contributed by atoms with van der Waals surface area (Å²) in [4.78, 5) is 25.2. The van der Waals surface area contributed by atoms with Gasteiger partial charge < -0.3 is 16.0 Å². The quantitative estimate of drug-likeness (QED) is 0.751. The Morgan fingerprint density at radius 1 is 1.29 bits per heavy atom. The first-order valence-electron chi connectivity index (χ1n) is 6.90. The fourth-order valence-electron chi connectivity index (χ4n) is 1.98. The maximum Gasteiger partial charge on any atom is 0.239 e. The second-order valence-electron chi connectivity index (χ2n) is 4.69. The molecule has 1 aromatic rings. The number of nitrogen functional groups attached to an aromatic ring is 1. The lowest BCUT2D eigenvalue weighted by Crippen LogP contribution is -2.40. The lowest BCUT2D eigenvalue weighted by atomic mass is 10.1. The summed E-state index contributed by atoms with van der Waals surface area (Å²) in [5, 5.41) is 2.54. The van der Waals surface area contributed by atoms with E-state index < -0.39 is 0 Å². The summed E-state index contributed by atoms with van der Waals surface area (Å²) in [6, 6.07) is 7.53. The van der Waals surface area contributed by atoms with Crippen LogP contribution in [0.4, 0.5) is 5.69 Å². The smallest absolute Gasteiger partial charge is 0.239 e. The number of anilines is 1. The van der Waals surface area contributed by atoms with Gasteiger partial charge in [0, 0.05) is 25.7 Å². The highest BCUT2D eigenvalue weighted by atomic mass is 35.5. The normalized spacial score (nSPS) is 9.62. The molecule has 0 saturated carbocycles. The van der Waals surface area contributed by atoms with Crippen molar-refractivity contribution in [1.29, 1.82) is 0 Å². The minimum atomic E-state index is -0.147. The lowest BCUT2D eigenvalue weighted by Gasteiger charge is -2.21. The number of carbonyl (C=O) groups excluding carboxylic acids is 2. The Kier molecular flexibility index (Phi) is 9.21. The maximum absolute atomic E-state index is 12.2. The highest BCUT2D eigenvalue weighted by Gasteiger charge is 2.15. The average molecular weight is 314 g/mol. The first kappa shape index (κ1) is 19.2. The van der Waals surface area contributed by atoms with Gasteiger partial charge in [0.05, 0.1) is 6.54 Å². The number of halogens is 1. The summed E-state index contributed by atoms with van der Waals surface area (Å²) < 4.78 is 0. The molecule has 0 atom stereocenters. The van der Waals surface area contributed by atoms with Gasteiger partial charge in [0.15, 0.2) is 0 Å². The predicted molar refractivity (Wildman–Crippen MR) is 87.4 cm³/mol. The predicted octanol–water partition coefficient (Wildman–Crippen LogP) is 1.61. The van der Waals surface area contributed by atoms with Crippen LogP contribution in [0.5, 0.6) is 0 Å². The molecule has 0 radical (unpaired) electrons. The largest absolute Gasteiger partial charge is 0.399 e. The number of aryl methyl sites for hydroxylation is 1. The van der Waals surface area contributed by atoms with Crippen molar-refractivity contribution in [3.63, 3.8) is 0 Å². The van der Waals surface area contributed by atoms with Crippen LogP contribution < -0.4 is 11.1 Å². The number of hydrogen-bond donors (Lipinski definition) is 2. The average Bonchev–Trinajstić information content (AvgIpc) is 2.45. The van der Waals surface area contributed by atoms with E-state index in [1.54, 1.807) is 11.9 Å². The molecule has 0 fully saturated rings. The molecule has 0 aliphatic heterocycles. The highest BCUT2D eigenvalue weighted by Crippen LogP contribution is 2.13. The molecule has 0 bridgehead atoms. The Bertz CT molecular complexity index is 466. The Morgan fingerprint density at radius 2 is 1.95 bits per heavy atom. The summed E-state index contributed by atoms with van der Waals surface area (Å²) in [5.74, 6) is -0.162. The topological polar surface area (TPSA) is 75.4 Å². The van der Waals surface area contributed by atoms with E-state index in [2.05, 4.69) is 5.32 Å². The van der Waals surface area contributed by atoms with Gasteiger partial charge in [-0.15, -0.1) is 12.4 Å². The Hall–Kier alpha value is -1.75. The minimum Gasteiger partial charge on any atom is -0.399 e. The second-order valence-corrected chi connectivity index (χ2v) is 4.69. The summed E-state index contributed by atoms with van der Waals surface area (Å²) in [6.07, 6.45) is 1.79. The van der Waals surface area contributed by atoms with E-state index in [0.717, 1.165) is 12.0 Å². The van der Waals surface area contributed by atoms with Crippen LogP contribution in [0.15, 0.2) is 24.3 Å². The van der Waals surface area contributed by atoms with E-state index in [-0.39, 0.29) is 30.8 Å². The van der Waals surface area contributed by atoms with Crippen molar-refractivity contribution >= 4 is 29.9 Å².